The monoisotopic (exact) mass is 528 g/mol. The van der Waals surface area contributed by atoms with E-state index in [1.807, 2.05) is 13.0 Å². The minimum absolute atomic E-state index is 0.139. The maximum Gasteiger partial charge on any atom is 0.339 e. The second kappa shape index (κ2) is 13.3. The number of sulfone groups is 1. The number of nitrogens with zero attached hydrogens (tertiary/aromatic N) is 1. The molecule has 0 bridgehead atoms. The van der Waals surface area contributed by atoms with Crippen molar-refractivity contribution in [3.8, 4) is 0 Å². The van der Waals surface area contributed by atoms with Gasteiger partial charge in [0.05, 0.1) is 31.5 Å². The molecule has 1 heterocycles. The lowest BCUT2D eigenvalue weighted by Crippen LogP contribution is -2.55. The molecule has 0 saturated carbocycles. The molecular formula is C24H36N2O7S2. The van der Waals surface area contributed by atoms with E-state index < -0.39 is 49.4 Å². The van der Waals surface area contributed by atoms with Gasteiger partial charge in [0, 0.05) is 13.1 Å². The summed E-state index contributed by atoms with van der Waals surface area (Å²) in [4.78, 5) is 40.2. The van der Waals surface area contributed by atoms with E-state index in [2.05, 4.69) is 5.32 Å². The highest BCUT2D eigenvalue weighted by atomic mass is 32.2. The van der Waals surface area contributed by atoms with E-state index in [0.29, 0.717) is 32.1 Å². The molecule has 196 valence electrons. The fourth-order valence-corrected chi connectivity index (χ4v) is 6.03. The van der Waals surface area contributed by atoms with Crippen LogP contribution in [0.3, 0.4) is 0 Å². The van der Waals surface area contributed by atoms with Gasteiger partial charge in [-0.05, 0) is 38.5 Å². The third-order valence-corrected chi connectivity index (χ3v) is 9.36. The van der Waals surface area contributed by atoms with E-state index in [0.717, 1.165) is 5.56 Å². The predicted molar refractivity (Wildman–Crippen MR) is 136 cm³/mol. The Morgan fingerprint density at radius 3 is 2.34 bits per heavy atom. The molecule has 0 spiro atoms. The van der Waals surface area contributed by atoms with Crippen LogP contribution in [0.25, 0.3) is 0 Å². The largest absolute Gasteiger partial charge is 0.464 e. The lowest BCUT2D eigenvalue weighted by Gasteiger charge is -2.34. The van der Waals surface area contributed by atoms with E-state index in [-0.39, 0.29) is 13.0 Å². The summed E-state index contributed by atoms with van der Waals surface area (Å²) in [5.74, 6) is -2.67. The lowest BCUT2D eigenvalue weighted by molar-refractivity contribution is -0.145. The number of amides is 2. The number of carbonyl (C=O) groups is 3. The van der Waals surface area contributed by atoms with Crippen molar-refractivity contribution in [1.82, 2.24) is 10.2 Å². The lowest BCUT2D eigenvalue weighted by atomic mass is 10.0. The zero-order valence-electron chi connectivity index (χ0n) is 20.8. The van der Waals surface area contributed by atoms with Gasteiger partial charge in [0.25, 0.3) is 0 Å². The third-order valence-electron chi connectivity index (χ3n) is 5.81. The average molecular weight is 529 g/mol. The van der Waals surface area contributed by atoms with Gasteiger partial charge in [0.15, 0.2) is 15.2 Å². The van der Waals surface area contributed by atoms with Crippen LogP contribution in [0.4, 0.5) is 0 Å². The van der Waals surface area contributed by atoms with E-state index in [1.165, 1.54) is 30.5 Å². The third kappa shape index (κ3) is 7.94. The number of thioether (sulfide) groups is 1. The Labute approximate surface area is 212 Å². The fourth-order valence-electron chi connectivity index (χ4n) is 3.68. The SMILES string of the molecule is CCOC(=O)C(NC(=O)[C@H](Cc1ccccc1)CS(=O)(=O)C(C)(C)C(=O)N1CCOCC1)SCC. The van der Waals surface area contributed by atoms with Crippen LogP contribution in [-0.4, -0.2) is 85.6 Å². The molecule has 1 aliphatic rings. The van der Waals surface area contributed by atoms with Crippen LogP contribution >= 0.6 is 11.8 Å². The van der Waals surface area contributed by atoms with Crippen LogP contribution in [0.5, 0.6) is 0 Å². The van der Waals surface area contributed by atoms with Gasteiger partial charge < -0.3 is 19.7 Å². The highest BCUT2D eigenvalue weighted by molar-refractivity contribution is 8.00. The van der Waals surface area contributed by atoms with Crippen molar-refractivity contribution in [2.75, 3.05) is 44.4 Å². The van der Waals surface area contributed by atoms with Gasteiger partial charge in [-0.2, -0.15) is 0 Å². The highest BCUT2D eigenvalue weighted by Crippen LogP contribution is 2.25. The summed E-state index contributed by atoms with van der Waals surface area (Å²) in [6.07, 6.45) is 0.139. The van der Waals surface area contributed by atoms with E-state index >= 15 is 0 Å². The maximum atomic E-state index is 13.5. The van der Waals surface area contributed by atoms with Crippen LogP contribution in [0.15, 0.2) is 30.3 Å². The van der Waals surface area contributed by atoms with E-state index in [1.54, 1.807) is 31.2 Å². The van der Waals surface area contributed by atoms with Crippen molar-refractivity contribution in [2.45, 2.75) is 44.2 Å². The number of hydrogen-bond donors (Lipinski definition) is 1. The Morgan fingerprint density at radius 1 is 1.14 bits per heavy atom. The van der Waals surface area contributed by atoms with Gasteiger partial charge in [-0.25, -0.2) is 13.2 Å². The summed E-state index contributed by atoms with van der Waals surface area (Å²) >= 11 is 1.20. The van der Waals surface area contributed by atoms with Crippen LogP contribution in [0.2, 0.25) is 0 Å². The Kier molecular flexibility index (Phi) is 11.0. The number of carbonyl (C=O) groups excluding carboxylic acids is 3. The van der Waals surface area contributed by atoms with Gasteiger partial charge in [0.2, 0.25) is 11.8 Å². The van der Waals surface area contributed by atoms with Gasteiger partial charge in [-0.15, -0.1) is 11.8 Å². The summed E-state index contributed by atoms with van der Waals surface area (Å²) in [6, 6.07) is 9.05. The average Bonchev–Trinajstić information content (AvgIpc) is 2.83. The van der Waals surface area contributed by atoms with Crippen molar-refractivity contribution in [3.05, 3.63) is 35.9 Å². The number of benzene rings is 1. The molecule has 1 unspecified atom stereocenters. The van der Waals surface area contributed by atoms with Crippen molar-refractivity contribution in [2.24, 2.45) is 5.92 Å². The smallest absolute Gasteiger partial charge is 0.339 e. The summed E-state index contributed by atoms with van der Waals surface area (Å²) in [5.41, 5.74) is 0.774. The molecule has 1 N–H and O–H groups in total. The first-order chi connectivity index (χ1) is 16.5. The number of nitrogens with one attached hydrogen (secondary N) is 1. The molecule has 1 aromatic carbocycles. The standard InChI is InChI=1S/C24H36N2O7S2/c1-5-33-22(28)21(34-6-2)25-20(27)19(16-18-10-8-7-9-11-18)17-35(30,31)24(3,4)23(29)26-12-14-32-15-13-26/h7-11,19,21H,5-6,12-17H2,1-4H3,(H,25,27)/t19-,21?/m1/s1. The summed E-state index contributed by atoms with van der Waals surface area (Å²) in [7, 11) is -4.07. The zero-order valence-corrected chi connectivity index (χ0v) is 22.5. The van der Waals surface area contributed by atoms with E-state index in [9.17, 15) is 22.8 Å². The maximum absolute atomic E-state index is 13.5. The quantitative estimate of drug-likeness (QED) is 0.321. The number of hydrogen-bond acceptors (Lipinski definition) is 8. The number of esters is 1. The predicted octanol–water partition coefficient (Wildman–Crippen LogP) is 1.66. The first kappa shape index (κ1) is 29.1. The second-order valence-corrected chi connectivity index (χ2v) is 12.6. The van der Waals surface area contributed by atoms with Gasteiger partial charge in [0.1, 0.15) is 4.75 Å². The number of ether oxygens (including phenoxy) is 2. The first-order valence-electron chi connectivity index (χ1n) is 11.8. The molecule has 0 aliphatic carbocycles. The molecule has 0 aromatic heterocycles. The molecule has 1 fully saturated rings. The van der Waals surface area contributed by atoms with Crippen LogP contribution in [-0.2, 0) is 40.1 Å². The molecule has 2 atom stereocenters. The van der Waals surface area contributed by atoms with Crippen LogP contribution in [0.1, 0.15) is 33.3 Å². The van der Waals surface area contributed by atoms with Gasteiger partial charge >= 0.3 is 5.97 Å². The van der Waals surface area contributed by atoms with Crippen molar-refractivity contribution < 1.29 is 32.3 Å². The molecule has 1 saturated heterocycles. The Bertz CT molecular complexity index is 961. The Balaban J connectivity index is 2.29. The molecule has 1 aliphatic heterocycles. The molecule has 2 rings (SSSR count). The number of morpholine rings is 1. The van der Waals surface area contributed by atoms with Crippen LogP contribution in [0, 0.1) is 5.92 Å². The molecule has 35 heavy (non-hydrogen) atoms. The topological polar surface area (TPSA) is 119 Å². The molecule has 11 heteroatoms. The van der Waals surface area contributed by atoms with Crippen molar-refractivity contribution in [3.63, 3.8) is 0 Å². The van der Waals surface area contributed by atoms with E-state index in [4.69, 9.17) is 9.47 Å². The molecule has 9 nitrogen and oxygen atoms in total. The summed E-state index contributed by atoms with van der Waals surface area (Å²) < 4.78 is 35.7. The summed E-state index contributed by atoms with van der Waals surface area (Å²) in [5, 5.41) is 1.71. The zero-order chi connectivity index (χ0) is 26.1. The normalized spacial score (nSPS) is 16.3. The molecular weight excluding hydrogens is 492 g/mol. The van der Waals surface area contributed by atoms with Crippen molar-refractivity contribution >= 4 is 39.4 Å². The fraction of sp³-hybridized carbons (Fsp3) is 0.625. The van der Waals surface area contributed by atoms with Gasteiger partial charge in [-0.3, -0.25) is 9.59 Å². The minimum Gasteiger partial charge on any atom is -0.464 e. The summed E-state index contributed by atoms with van der Waals surface area (Å²) in [6.45, 7) is 7.78. The first-order valence-corrected chi connectivity index (χ1v) is 14.5. The Morgan fingerprint density at radius 2 is 1.77 bits per heavy atom. The molecule has 0 radical (unpaired) electrons. The number of rotatable bonds is 12. The van der Waals surface area contributed by atoms with Gasteiger partial charge in [-0.1, -0.05) is 37.3 Å². The van der Waals surface area contributed by atoms with Crippen molar-refractivity contribution in [1.29, 1.82) is 0 Å². The van der Waals surface area contributed by atoms with Crippen LogP contribution < -0.4 is 5.32 Å². The second-order valence-electron chi connectivity index (χ2n) is 8.68. The minimum atomic E-state index is -4.07. The molecule has 1 aromatic rings. The Hall–Kier alpha value is -2.11. The highest BCUT2D eigenvalue weighted by Gasteiger charge is 2.46. The molecule has 2 amide bonds.